The van der Waals surface area contributed by atoms with Gasteiger partial charge >= 0.3 is 12.1 Å². The molecule has 2 rings (SSSR count). The van der Waals surface area contributed by atoms with Crippen molar-refractivity contribution >= 4 is 40.8 Å². The topological polar surface area (TPSA) is 82.4 Å². The van der Waals surface area contributed by atoms with E-state index in [9.17, 15) is 9.59 Å². The molecule has 7 nitrogen and oxygen atoms in total. The van der Waals surface area contributed by atoms with Crippen LogP contribution in [0.3, 0.4) is 0 Å². The second kappa shape index (κ2) is 8.44. The van der Waals surface area contributed by atoms with Crippen molar-refractivity contribution in [2.45, 2.75) is 45.7 Å². The normalized spacial score (nSPS) is 11.4. The Bertz CT molecular complexity index is 796. The summed E-state index contributed by atoms with van der Waals surface area (Å²) in [4.78, 5) is 29.3. The fourth-order valence-electron chi connectivity index (χ4n) is 2.13. The van der Waals surface area contributed by atoms with Crippen molar-refractivity contribution in [2.24, 2.45) is 5.41 Å². The van der Waals surface area contributed by atoms with Crippen molar-refractivity contribution in [2.75, 3.05) is 18.2 Å². The molecule has 0 aliphatic heterocycles. The van der Waals surface area contributed by atoms with E-state index in [0.717, 1.165) is 22.6 Å². The molecule has 2 aromatic rings. The summed E-state index contributed by atoms with van der Waals surface area (Å²) in [5.74, 6) is 0.951. The van der Waals surface area contributed by atoms with Gasteiger partial charge < -0.3 is 9.47 Å². The first-order chi connectivity index (χ1) is 12.3. The Morgan fingerprint density at radius 3 is 2.65 bits per heavy atom. The number of nitrogens with one attached hydrogen (secondary N) is 1. The highest BCUT2D eigenvalue weighted by Gasteiger charge is 2.24. The molecule has 0 fully saturated rings. The lowest BCUT2D eigenvalue weighted by Crippen LogP contribution is -2.24. The molecule has 1 amide bonds. The Morgan fingerprint density at radius 2 is 2.04 bits per heavy atom. The molecule has 26 heavy (non-hydrogen) atoms. The number of fused-ring (bicyclic) bond motifs is 1. The molecule has 1 aromatic carbocycles. The number of aromatic nitrogens is 2. The number of hydrogen-bond acceptors (Lipinski definition) is 6. The number of hydrogen-bond donors (Lipinski definition) is 1. The third kappa shape index (κ3) is 4.91. The van der Waals surface area contributed by atoms with Crippen LogP contribution in [0.15, 0.2) is 23.1 Å². The number of ether oxygens (including phenoxy) is 2. The van der Waals surface area contributed by atoms with E-state index in [1.165, 1.54) is 7.11 Å². The van der Waals surface area contributed by atoms with Crippen LogP contribution in [0.2, 0.25) is 0 Å². The average Bonchev–Trinajstić information content (AvgIpc) is 2.92. The number of esters is 1. The van der Waals surface area contributed by atoms with Gasteiger partial charge in [0.2, 0.25) is 5.95 Å². The van der Waals surface area contributed by atoms with Gasteiger partial charge in [0.15, 0.2) is 6.73 Å². The van der Waals surface area contributed by atoms with E-state index in [1.807, 2.05) is 18.2 Å². The van der Waals surface area contributed by atoms with E-state index < -0.39 is 11.5 Å². The predicted molar refractivity (Wildman–Crippen MR) is 102 cm³/mol. The molecule has 0 bridgehead atoms. The first kappa shape index (κ1) is 20.1. The summed E-state index contributed by atoms with van der Waals surface area (Å²) < 4.78 is 11.7. The Morgan fingerprint density at radius 1 is 1.31 bits per heavy atom. The van der Waals surface area contributed by atoms with Gasteiger partial charge in [-0.05, 0) is 51.1 Å². The molecular formula is C18H25N3O4S. The lowest BCUT2D eigenvalue weighted by molar-refractivity contribution is -0.156. The van der Waals surface area contributed by atoms with Crippen molar-refractivity contribution in [3.63, 3.8) is 0 Å². The molecular weight excluding hydrogens is 354 g/mol. The van der Waals surface area contributed by atoms with Crippen LogP contribution in [-0.2, 0) is 21.0 Å². The molecule has 1 aromatic heterocycles. The van der Waals surface area contributed by atoms with Gasteiger partial charge in [0, 0.05) is 4.90 Å². The summed E-state index contributed by atoms with van der Waals surface area (Å²) in [6.45, 7) is 7.43. The highest BCUT2D eigenvalue weighted by Crippen LogP contribution is 2.27. The van der Waals surface area contributed by atoms with Crippen molar-refractivity contribution in [1.82, 2.24) is 9.55 Å². The molecule has 0 atom stereocenters. The number of anilines is 1. The van der Waals surface area contributed by atoms with Crippen LogP contribution in [0.4, 0.5) is 10.7 Å². The Balaban J connectivity index is 2.35. The minimum absolute atomic E-state index is 0.0482. The highest BCUT2D eigenvalue weighted by molar-refractivity contribution is 7.99. The minimum atomic E-state index is -0.635. The maximum atomic E-state index is 12.1. The van der Waals surface area contributed by atoms with Crippen molar-refractivity contribution in [3.8, 4) is 0 Å². The number of carbonyl (C=O) groups excluding carboxylic acids is 2. The molecule has 0 saturated heterocycles. The first-order valence-corrected chi connectivity index (χ1v) is 9.40. The number of rotatable bonds is 6. The zero-order valence-corrected chi connectivity index (χ0v) is 16.6. The Labute approximate surface area is 157 Å². The summed E-state index contributed by atoms with van der Waals surface area (Å²) in [6.07, 6.45) is 0.443. The molecule has 0 spiro atoms. The van der Waals surface area contributed by atoms with Gasteiger partial charge in [-0.25, -0.2) is 9.78 Å². The molecule has 0 radical (unpaired) electrons. The monoisotopic (exact) mass is 379 g/mol. The SMILES string of the molecule is CCCSc1ccc2c(c1)nc(NC(=O)OC)n2COC(=O)C(C)(C)C. The Hall–Kier alpha value is -2.22. The van der Waals surface area contributed by atoms with Crippen LogP contribution < -0.4 is 5.32 Å². The van der Waals surface area contributed by atoms with Gasteiger partial charge in [-0.3, -0.25) is 14.7 Å². The molecule has 0 aliphatic rings. The lowest BCUT2D eigenvalue weighted by atomic mass is 9.98. The van der Waals surface area contributed by atoms with E-state index in [1.54, 1.807) is 37.1 Å². The van der Waals surface area contributed by atoms with Crippen molar-refractivity contribution in [3.05, 3.63) is 18.2 Å². The third-order valence-electron chi connectivity index (χ3n) is 3.53. The molecule has 0 aliphatic carbocycles. The van der Waals surface area contributed by atoms with Crippen molar-refractivity contribution in [1.29, 1.82) is 0 Å². The lowest BCUT2D eigenvalue weighted by Gasteiger charge is -2.17. The summed E-state index contributed by atoms with van der Waals surface area (Å²) in [7, 11) is 1.28. The smallest absolute Gasteiger partial charge is 0.413 e. The van der Waals surface area contributed by atoms with Gasteiger partial charge in [-0.1, -0.05) is 6.92 Å². The van der Waals surface area contributed by atoms with E-state index in [4.69, 9.17) is 4.74 Å². The quantitative estimate of drug-likeness (QED) is 0.596. The summed E-state index contributed by atoms with van der Waals surface area (Å²) in [5.41, 5.74) is 0.860. The minimum Gasteiger partial charge on any atom is -0.453 e. The zero-order chi connectivity index (χ0) is 19.3. The van der Waals surface area contributed by atoms with E-state index in [-0.39, 0.29) is 18.6 Å². The fraction of sp³-hybridized carbons (Fsp3) is 0.500. The number of carbonyl (C=O) groups is 2. The van der Waals surface area contributed by atoms with E-state index >= 15 is 0 Å². The van der Waals surface area contributed by atoms with Crippen LogP contribution in [0.5, 0.6) is 0 Å². The summed E-state index contributed by atoms with van der Waals surface area (Å²) >= 11 is 1.74. The van der Waals surface area contributed by atoms with Gasteiger partial charge in [0.25, 0.3) is 0 Å². The third-order valence-corrected chi connectivity index (χ3v) is 4.73. The van der Waals surface area contributed by atoms with Crippen LogP contribution in [0, 0.1) is 5.41 Å². The summed E-state index contributed by atoms with van der Waals surface area (Å²) in [5, 5.41) is 2.57. The maximum Gasteiger partial charge on any atom is 0.413 e. The van der Waals surface area contributed by atoms with Crippen molar-refractivity contribution < 1.29 is 19.1 Å². The fourth-order valence-corrected chi connectivity index (χ4v) is 2.93. The molecule has 8 heteroatoms. The van der Waals surface area contributed by atoms with Crippen LogP contribution >= 0.6 is 11.8 Å². The van der Waals surface area contributed by atoms with Gasteiger partial charge in [0.1, 0.15) is 0 Å². The molecule has 1 N–H and O–H groups in total. The van der Waals surface area contributed by atoms with E-state index in [0.29, 0.717) is 5.52 Å². The average molecular weight is 379 g/mol. The standard InChI is InChI=1S/C18H25N3O4S/c1-6-9-26-12-7-8-14-13(10-12)19-16(20-17(23)24-5)21(14)11-25-15(22)18(2,3)4/h7-8,10H,6,9,11H2,1-5H3,(H,19,20,23). The number of thioether (sulfide) groups is 1. The molecule has 1 heterocycles. The second-order valence-corrected chi connectivity index (χ2v) is 7.96. The molecule has 0 unspecified atom stereocenters. The molecule has 142 valence electrons. The second-order valence-electron chi connectivity index (χ2n) is 6.79. The van der Waals surface area contributed by atoms with Crippen LogP contribution in [0.1, 0.15) is 34.1 Å². The highest BCUT2D eigenvalue weighted by atomic mass is 32.2. The largest absolute Gasteiger partial charge is 0.453 e. The zero-order valence-electron chi connectivity index (χ0n) is 15.8. The number of amides is 1. The maximum absolute atomic E-state index is 12.1. The van der Waals surface area contributed by atoms with Crippen LogP contribution in [0.25, 0.3) is 11.0 Å². The van der Waals surface area contributed by atoms with Gasteiger partial charge in [0.05, 0.1) is 23.6 Å². The van der Waals surface area contributed by atoms with E-state index in [2.05, 4.69) is 22.0 Å². The van der Waals surface area contributed by atoms with Gasteiger partial charge in [-0.2, -0.15) is 0 Å². The first-order valence-electron chi connectivity index (χ1n) is 8.41. The van der Waals surface area contributed by atoms with Crippen LogP contribution in [-0.4, -0.2) is 34.5 Å². The number of benzene rings is 1. The summed E-state index contributed by atoms with van der Waals surface area (Å²) in [6, 6.07) is 5.86. The predicted octanol–water partition coefficient (Wildman–Crippen LogP) is 4.26. The number of nitrogens with zero attached hydrogens (tertiary/aromatic N) is 2. The molecule has 0 saturated carbocycles. The van der Waals surface area contributed by atoms with Gasteiger partial charge in [-0.15, -0.1) is 11.8 Å². The Kier molecular flexibility index (Phi) is 6.52. The number of methoxy groups -OCH3 is 1. The number of imidazole rings is 1.